The lowest BCUT2D eigenvalue weighted by Gasteiger charge is -2.37. The van der Waals surface area contributed by atoms with Gasteiger partial charge in [0.1, 0.15) is 11.7 Å². The van der Waals surface area contributed by atoms with Crippen LogP contribution in [0.2, 0.25) is 0 Å². The van der Waals surface area contributed by atoms with Crippen LogP contribution in [0.3, 0.4) is 0 Å². The topological polar surface area (TPSA) is 102 Å². The van der Waals surface area contributed by atoms with Gasteiger partial charge in [-0.2, -0.15) is 0 Å². The highest BCUT2D eigenvalue weighted by Gasteiger charge is 2.46. The first-order valence-corrected chi connectivity index (χ1v) is 12.8. The maximum absolute atomic E-state index is 14.0. The fourth-order valence-corrected chi connectivity index (χ4v) is 5.57. The number of nitrogens with zero attached hydrogens (tertiary/aromatic N) is 1. The monoisotopic (exact) mass is 537 g/mol. The first-order valence-electron chi connectivity index (χ1n) is 12.8. The molecule has 0 N–H and O–H groups in total. The molecule has 1 heterocycles. The third kappa shape index (κ3) is 5.17. The number of carbonyl (C=O) groups is 2. The van der Waals surface area contributed by atoms with Gasteiger partial charge in [-0.05, 0) is 49.9 Å². The van der Waals surface area contributed by atoms with Crippen molar-refractivity contribution in [1.82, 2.24) is 0 Å². The van der Waals surface area contributed by atoms with Gasteiger partial charge in [0.15, 0.2) is 28.8 Å². The Morgan fingerprint density at radius 1 is 0.846 bits per heavy atom. The molecule has 4 rings (SSSR count). The maximum Gasteiger partial charge on any atom is 0.315 e. The van der Waals surface area contributed by atoms with Crippen LogP contribution in [0.15, 0.2) is 46.6 Å². The lowest BCUT2D eigenvalue weighted by atomic mass is 9.69. The zero-order chi connectivity index (χ0) is 28.3. The SMILES string of the molecule is CCOC(=O)C1C(C)=NC2=C(C(=O)C[C@H](c3ccc(OC)c(OC)c3)C2)[C@@H]1c1cc(OC)c(OC)cc1OC. The van der Waals surface area contributed by atoms with Crippen molar-refractivity contribution in [1.29, 1.82) is 0 Å². The molecule has 1 aliphatic heterocycles. The summed E-state index contributed by atoms with van der Waals surface area (Å²) in [5.74, 6) is 0.541. The Bertz CT molecular complexity index is 1330. The number of carbonyl (C=O) groups excluding carboxylic acids is 2. The average Bonchev–Trinajstić information content (AvgIpc) is 2.95. The van der Waals surface area contributed by atoms with Gasteiger partial charge in [0, 0.05) is 41.0 Å². The number of ether oxygens (including phenoxy) is 6. The van der Waals surface area contributed by atoms with Gasteiger partial charge in [0.25, 0.3) is 0 Å². The van der Waals surface area contributed by atoms with Gasteiger partial charge >= 0.3 is 5.97 Å². The Balaban J connectivity index is 1.87. The minimum Gasteiger partial charge on any atom is -0.496 e. The average molecular weight is 538 g/mol. The van der Waals surface area contributed by atoms with Crippen molar-refractivity contribution in [3.05, 3.63) is 52.7 Å². The zero-order valence-electron chi connectivity index (χ0n) is 23.5. The van der Waals surface area contributed by atoms with E-state index in [1.165, 1.54) is 14.2 Å². The van der Waals surface area contributed by atoms with Crippen molar-refractivity contribution < 1.29 is 38.0 Å². The second-order valence-electron chi connectivity index (χ2n) is 9.41. The molecular weight excluding hydrogens is 502 g/mol. The summed E-state index contributed by atoms with van der Waals surface area (Å²) in [5.41, 5.74) is 3.32. The van der Waals surface area contributed by atoms with Gasteiger partial charge in [-0.15, -0.1) is 0 Å². The molecule has 0 radical (unpaired) electrons. The normalized spacial score (nSPS) is 20.5. The Hall–Kier alpha value is -4.01. The van der Waals surface area contributed by atoms with E-state index < -0.39 is 17.8 Å². The summed E-state index contributed by atoms with van der Waals surface area (Å²) < 4.78 is 33.1. The van der Waals surface area contributed by atoms with E-state index in [1.807, 2.05) is 18.2 Å². The summed E-state index contributed by atoms with van der Waals surface area (Å²) in [6.45, 7) is 3.76. The van der Waals surface area contributed by atoms with Crippen molar-refractivity contribution in [2.75, 3.05) is 42.2 Å². The first kappa shape index (κ1) is 28.0. The molecule has 9 heteroatoms. The molecule has 2 aliphatic rings. The van der Waals surface area contributed by atoms with Crippen molar-refractivity contribution >= 4 is 17.5 Å². The fourth-order valence-electron chi connectivity index (χ4n) is 5.57. The molecule has 0 amide bonds. The summed E-state index contributed by atoms with van der Waals surface area (Å²) in [7, 11) is 7.78. The standard InChI is InChI=1S/C30H35NO8/c1-8-39-30(33)27-16(2)31-20-11-18(17-9-10-22(34-3)24(13-17)36-5)12-21(32)29(20)28(27)19-14-25(37-6)26(38-7)15-23(19)35-4/h9-10,13-15,18,27-28H,8,11-12H2,1-7H3/t18-,27?,28-/m1/s1. The van der Waals surface area contributed by atoms with Crippen LogP contribution in [-0.2, 0) is 14.3 Å². The molecule has 1 unspecified atom stereocenters. The van der Waals surface area contributed by atoms with Crippen LogP contribution >= 0.6 is 0 Å². The lowest BCUT2D eigenvalue weighted by Crippen LogP contribution is -2.38. The van der Waals surface area contributed by atoms with Crippen molar-refractivity contribution in [2.45, 2.75) is 38.5 Å². The lowest BCUT2D eigenvalue weighted by molar-refractivity contribution is -0.146. The molecule has 0 saturated carbocycles. The second kappa shape index (κ2) is 11.8. The summed E-state index contributed by atoms with van der Waals surface area (Å²) in [6.07, 6.45) is 0.778. The predicted octanol–water partition coefficient (Wildman–Crippen LogP) is 4.87. The quantitative estimate of drug-likeness (QED) is 0.418. The maximum atomic E-state index is 14.0. The molecule has 2 aromatic carbocycles. The van der Waals surface area contributed by atoms with E-state index in [2.05, 4.69) is 0 Å². The number of esters is 1. The van der Waals surface area contributed by atoms with Crippen molar-refractivity contribution in [3.63, 3.8) is 0 Å². The van der Waals surface area contributed by atoms with Crippen molar-refractivity contribution in [3.8, 4) is 28.7 Å². The number of allylic oxidation sites excluding steroid dienone is 2. The molecule has 0 spiro atoms. The Kier molecular flexibility index (Phi) is 8.47. The number of hydrogen-bond donors (Lipinski definition) is 0. The molecule has 1 aliphatic carbocycles. The summed E-state index contributed by atoms with van der Waals surface area (Å²) in [6, 6.07) is 9.16. The number of aliphatic imine (C=N–C) groups is 1. The van der Waals surface area contributed by atoms with Gasteiger partial charge in [-0.3, -0.25) is 14.6 Å². The zero-order valence-corrected chi connectivity index (χ0v) is 23.5. The van der Waals surface area contributed by atoms with E-state index in [-0.39, 0.29) is 24.7 Å². The van der Waals surface area contributed by atoms with E-state index in [1.54, 1.807) is 47.3 Å². The van der Waals surface area contributed by atoms with E-state index in [0.717, 1.165) is 5.56 Å². The fraction of sp³-hybridized carbons (Fsp3) is 0.433. The summed E-state index contributed by atoms with van der Waals surface area (Å²) >= 11 is 0. The molecule has 2 aromatic rings. The third-order valence-corrected chi connectivity index (χ3v) is 7.38. The Morgan fingerprint density at radius 2 is 1.46 bits per heavy atom. The van der Waals surface area contributed by atoms with Gasteiger partial charge in [0.05, 0.1) is 42.2 Å². The predicted molar refractivity (Wildman–Crippen MR) is 146 cm³/mol. The van der Waals surface area contributed by atoms with Gasteiger partial charge in [-0.25, -0.2) is 0 Å². The van der Waals surface area contributed by atoms with Crippen LogP contribution in [0, 0.1) is 5.92 Å². The summed E-state index contributed by atoms with van der Waals surface area (Å²) in [4.78, 5) is 32.1. The second-order valence-corrected chi connectivity index (χ2v) is 9.41. The molecule has 208 valence electrons. The van der Waals surface area contributed by atoms with E-state index in [4.69, 9.17) is 33.4 Å². The molecule has 39 heavy (non-hydrogen) atoms. The number of ketones is 1. The molecular formula is C30H35NO8. The van der Waals surface area contributed by atoms with Crippen LogP contribution in [0.4, 0.5) is 0 Å². The van der Waals surface area contributed by atoms with E-state index >= 15 is 0 Å². The highest BCUT2D eigenvalue weighted by Crippen LogP contribution is 2.51. The summed E-state index contributed by atoms with van der Waals surface area (Å²) in [5, 5.41) is 0. The number of Topliss-reactive ketones (excluding diaryl/α,β-unsaturated/α-hetero) is 1. The molecule has 3 atom stereocenters. The molecule has 0 fully saturated rings. The van der Waals surface area contributed by atoms with Crippen LogP contribution in [0.1, 0.15) is 49.7 Å². The van der Waals surface area contributed by atoms with E-state index in [0.29, 0.717) is 57.7 Å². The molecule has 0 saturated heterocycles. The molecule has 9 nitrogen and oxygen atoms in total. The van der Waals surface area contributed by atoms with Gasteiger partial charge < -0.3 is 28.4 Å². The van der Waals surface area contributed by atoms with Gasteiger partial charge in [0.2, 0.25) is 0 Å². The highest BCUT2D eigenvalue weighted by atomic mass is 16.5. The largest absolute Gasteiger partial charge is 0.496 e. The highest BCUT2D eigenvalue weighted by molar-refractivity contribution is 6.09. The number of benzene rings is 2. The van der Waals surface area contributed by atoms with Crippen LogP contribution in [0.25, 0.3) is 0 Å². The smallest absolute Gasteiger partial charge is 0.315 e. The minimum absolute atomic E-state index is 0.0802. The Morgan fingerprint density at radius 3 is 2.08 bits per heavy atom. The van der Waals surface area contributed by atoms with Gasteiger partial charge in [-0.1, -0.05) is 6.07 Å². The minimum atomic E-state index is -0.794. The van der Waals surface area contributed by atoms with E-state index in [9.17, 15) is 9.59 Å². The Labute approximate surface area is 228 Å². The van der Waals surface area contributed by atoms with Crippen LogP contribution < -0.4 is 23.7 Å². The molecule has 0 aromatic heterocycles. The van der Waals surface area contributed by atoms with Crippen molar-refractivity contribution in [2.24, 2.45) is 10.9 Å². The van der Waals surface area contributed by atoms with Crippen LogP contribution in [-0.4, -0.2) is 59.6 Å². The third-order valence-electron chi connectivity index (χ3n) is 7.38. The van der Waals surface area contributed by atoms with Crippen LogP contribution in [0.5, 0.6) is 28.7 Å². The first-order chi connectivity index (χ1) is 18.8. The molecule has 0 bridgehead atoms. The number of methoxy groups -OCH3 is 5. The number of rotatable bonds is 9. The number of hydrogen-bond acceptors (Lipinski definition) is 9.